The van der Waals surface area contributed by atoms with Gasteiger partial charge in [-0.05, 0) is 30.5 Å². The molecule has 0 aromatic heterocycles. The van der Waals surface area contributed by atoms with Crippen molar-refractivity contribution >= 4 is 12.4 Å². The van der Waals surface area contributed by atoms with Gasteiger partial charge in [-0.2, -0.15) is 0 Å². The van der Waals surface area contributed by atoms with E-state index in [2.05, 4.69) is 16.1 Å². The van der Waals surface area contributed by atoms with E-state index >= 15 is 0 Å². The van der Waals surface area contributed by atoms with E-state index in [4.69, 9.17) is 5.73 Å². The van der Waals surface area contributed by atoms with Crippen LogP contribution in [0.3, 0.4) is 0 Å². The molecule has 2 N–H and O–H groups in total. The van der Waals surface area contributed by atoms with Crippen molar-refractivity contribution in [2.45, 2.75) is 25.2 Å². The summed E-state index contributed by atoms with van der Waals surface area (Å²) in [4.78, 5) is 0. The lowest BCUT2D eigenvalue weighted by molar-refractivity contribution is -0.286. The highest BCUT2D eigenvalue weighted by atomic mass is 35.5. The molecule has 1 aromatic rings. The van der Waals surface area contributed by atoms with E-state index < -0.39 is 6.29 Å². The average Bonchev–Trinajstić information content (AvgIpc) is 2.58. The minimum Gasteiger partial charge on any atom is -0.395 e. The summed E-state index contributed by atoms with van der Waals surface area (Å²) in [6.45, 7) is 3.60. The maximum absolute atomic E-state index is 12.8. The lowest BCUT2D eigenvalue weighted by atomic mass is 10.0. The van der Waals surface area contributed by atoms with Gasteiger partial charge in [0.15, 0.2) is 11.5 Å². The smallest absolute Gasteiger partial charge is 0.395 e. The topological polar surface area (TPSA) is 44.5 Å². The van der Waals surface area contributed by atoms with Crippen LogP contribution in [0.25, 0.3) is 0 Å². The van der Waals surface area contributed by atoms with Gasteiger partial charge in [0, 0.05) is 6.04 Å². The first kappa shape index (κ1) is 14.7. The predicted octanol–water partition coefficient (Wildman–Crippen LogP) is 3.40. The Morgan fingerprint density at radius 3 is 2.67 bits per heavy atom. The van der Waals surface area contributed by atoms with Gasteiger partial charge in [0.1, 0.15) is 0 Å². The minimum absolute atomic E-state index is 0. The normalized spacial score (nSPS) is 16.8. The molecule has 100 valence electrons. The van der Waals surface area contributed by atoms with Crippen LogP contribution < -0.4 is 15.2 Å². The fourth-order valence-electron chi connectivity index (χ4n) is 1.66. The molecule has 1 atom stereocenters. The lowest BCUT2D eigenvalue weighted by Crippen LogP contribution is -2.25. The Kier molecular flexibility index (Phi) is 4.53. The van der Waals surface area contributed by atoms with Crippen molar-refractivity contribution in [3.63, 3.8) is 0 Å². The minimum atomic E-state index is -3.58. The van der Waals surface area contributed by atoms with Crippen LogP contribution in [0, 0.1) is 0 Å². The first-order chi connectivity index (χ1) is 8.02. The second-order valence-corrected chi connectivity index (χ2v) is 3.85. The molecular formula is C12H14ClF2NO2. The van der Waals surface area contributed by atoms with Crippen LogP contribution in [0.2, 0.25) is 0 Å². The molecule has 1 aliphatic rings. The number of alkyl halides is 2. The van der Waals surface area contributed by atoms with Gasteiger partial charge in [-0.1, -0.05) is 12.1 Å². The van der Waals surface area contributed by atoms with Gasteiger partial charge in [-0.3, -0.25) is 0 Å². The molecule has 0 saturated heterocycles. The van der Waals surface area contributed by atoms with E-state index in [0.717, 1.165) is 12.0 Å². The summed E-state index contributed by atoms with van der Waals surface area (Å²) in [6.07, 6.45) is -0.335. The molecular weight excluding hydrogens is 264 g/mol. The van der Waals surface area contributed by atoms with Crippen molar-refractivity contribution in [1.82, 2.24) is 0 Å². The predicted molar refractivity (Wildman–Crippen MR) is 66.3 cm³/mol. The molecule has 0 fully saturated rings. The first-order valence-electron chi connectivity index (χ1n) is 5.28. The van der Waals surface area contributed by atoms with Crippen molar-refractivity contribution in [3.8, 4) is 11.5 Å². The Morgan fingerprint density at radius 1 is 1.33 bits per heavy atom. The molecule has 2 rings (SSSR count). The standard InChI is InChI=1S/C12H13F2NO2.ClH/c1-2-3-4-9(15)8-5-6-10-11(7-8)17-12(13,14)16-10;/h2,5-7,9H,1,3-4,15H2;1H/t9-;/m0./s1. The third-order valence-corrected chi connectivity index (χ3v) is 2.54. The van der Waals surface area contributed by atoms with Gasteiger partial charge in [-0.25, -0.2) is 0 Å². The molecule has 18 heavy (non-hydrogen) atoms. The summed E-state index contributed by atoms with van der Waals surface area (Å²) in [6, 6.07) is 4.37. The van der Waals surface area contributed by atoms with Crippen LogP contribution in [0.5, 0.6) is 11.5 Å². The maximum Gasteiger partial charge on any atom is 0.586 e. The molecule has 0 amide bonds. The van der Waals surface area contributed by atoms with E-state index in [9.17, 15) is 8.78 Å². The van der Waals surface area contributed by atoms with E-state index in [-0.39, 0.29) is 29.9 Å². The number of nitrogens with two attached hydrogens (primary N) is 1. The summed E-state index contributed by atoms with van der Waals surface area (Å²) in [5, 5.41) is 0. The number of hydrogen-bond donors (Lipinski definition) is 1. The molecule has 0 unspecified atom stereocenters. The number of hydrogen-bond acceptors (Lipinski definition) is 3. The van der Waals surface area contributed by atoms with Crippen molar-refractivity contribution in [1.29, 1.82) is 0 Å². The average molecular weight is 278 g/mol. The zero-order valence-electron chi connectivity index (χ0n) is 9.57. The summed E-state index contributed by atoms with van der Waals surface area (Å²) in [7, 11) is 0. The summed E-state index contributed by atoms with van der Waals surface area (Å²) >= 11 is 0. The van der Waals surface area contributed by atoms with Gasteiger partial charge in [0.05, 0.1) is 0 Å². The Hall–Kier alpha value is -1.33. The Morgan fingerprint density at radius 2 is 2.00 bits per heavy atom. The Bertz CT molecular complexity index is 440. The van der Waals surface area contributed by atoms with Crippen LogP contribution in [0.1, 0.15) is 24.4 Å². The van der Waals surface area contributed by atoms with Gasteiger partial charge in [0.2, 0.25) is 0 Å². The quantitative estimate of drug-likeness (QED) is 0.858. The van der Waals surface area contributed by atoms with Crippen LogP contribution >= 0.6 is 12.4 Å². The van der Waals surface area contributed by atoms with Crippen molar-refractivity contribution in [3.05, 3.63) is 36.4 Å². The first-order valence-corrected chi connectivity index (χ1v) is 5.28. The van der Waals surface area contributed by atoms with Crippen LogP contribution in [-0.2, 0) is 0 Å². The van der Waals surface area contributed by atoms with E-state index in [1.165, 1.54) is 12.1 Å². The summed E-state index contributed by atoms with van der Waals surface area (Å²) in [5.41, 5.74) is 6.65. The fraction of sp³-hybridized carbons (Fsp3) is 0.333. The molecule has 0 radical (unpaired) electrons. The monoisotopic (exact) mass is 277 g/mol. The Labute approximate surface area is 110 Å². The van der Waals surface area contributed by atoms with Gasteiger partial charge in [0.25, 0.3) is 0 Å². The summed E-state index contributed by atoms with van der Waals surface area (Å²) in [5.74, 6) is 0.0659. The molecule has 0 saturated carbocycles. The van der Waals surface area contributed by atoms with Gasteiger partial charge in [-0.15, -0.1) is 27.8 Å². The SMILES string of the molecule is C=CCC[C@H](N)c1ccc2c(c1)OC(F)(F)O2.Cl. The number of benzene rings is 1. The molecule has 1 aromatic carbocycles. The molecule has 6 heteroatoms. The van der Waals surface area contributed by atoms with Gasteiger partial charge >= 0.3 is 6.29 Å². The number of rotatable bonds is 4. The number of ether oxygens (including phenoxy) is 2. The molecule has 0 aliphatic carbocycles. The van der Waals surface area contributed by atoms with Crippen LogP contribution in [0.4, 0.5) is 8.78 Å². The van der Waals surface area contributed by atoms with Gasteiger partial charge < -0.3 is 15.2 Å². The highest BCUT2D eigenvalue weighted by molar-refractivity contribution is 5.85. The molecule has 0 bridgehead atoms. The maximum atomic E-state index is 12.8. The van der Waals surface area contributed by atoms with Crippen LogP contribution in [0.15, 0.2) is 30.9 Å². The van der Waals surface area contributed by atoms with Crippen molar-refractivity contribution < 1.29 is 18.3 Å². The molecule has 3 nitrogen and oxygen atoms in total. The van der Waals surface area contributed by atoms with Crippen LogP contribution in [-0.4, -0.2) is 6.29 Å². The third kappa shape index (κ3) is 3.11. The zero-order chi connectivity index (χ0) is 12.5. The lowest BCUT2D eigenvalue weighted by Gasteiger charge is -2.10. The number of allylic oxidation sites excluding steroid dienone is 1. The zero-order valence-corrected chi connectivity index (χ0v) is 10.4. The van der Waals surface area contributed by atoms with E-state index in [0.29, 0.717) is 6.42 Å². The second-order valence-electron chi connectivity index (χ2n) is 3.85. The summed E-state index contributed by atoms with van der Waals surface area (Å²) < 4.78 is 34.2. The highest BCUT2D eigenvalue weighted by Crippen LogP contribution is 2.42. The number of fused-ring (bicyclic) bond motifs is 1. The molecule has 0 spiro atoms. The number of halogens is 3. The third-order valence-electron chi connectivity index (χ3n) is 2.54. The van der Waals surface area contributed by atoms with Crippen molar-refractivity contribution in [2.24, 2.45) is 5.73 Å². The fourth-order valence-corrected chi connectivity index (χ4v) is 1.66. The van der Waals surface area contributed by atoms with E-state index in [1.54, 1.807) is 12.1 Å². The Balaban J connectivity index is 0.00000162. The van der Waals surface area contributed by atoms with Crippen molar-refractivity contribution in [2.75, 3.05) is 0 Å². The molecule has 1 aliphatic heterocycles. The second kappa shape index (κ2) is 5.54. The largest absolute Gasteiger partial charge is 0.586 e. The molecule has 1 heterocycles. The van der Waals surface area contributed by atoms with E-state index in [1.807, 2.05) is 0 Å². The highest BCUT2D eigenvalue weighted by Gasteiger charge is 2.43.